The number of anilines is 2. The third-order valence-electron chi connectivity index (χ3n) is 6.75. The lowest BCUT2D eigenvalue weighted by Crippen LogP contribution is -2.35. The molecule has 218 valence electrons. The molecule has 0 heterocycles. The second-order valence-electron chi connectivity index (χ2n) is 9.67. The predicted octanol–water partition coefficient (Wildman–Crippen LogP) is 6.08. The van der Waals surface area contributed by atoms with Gasteiger partial charge in [0, 0.05) is 23.0 Å². The number of aliphatic carboxylic acids is 1. The Bertz CT molecular complexity index is 1510. The Balaban J connectivity index is 1.56. The molecule has 3 N–H and O–H groups in total. The summed E-state index contributed by atoms with van der Waals surface area (Å²) in [4.78, 5) is 48.0. The first-order valence-corrected chi connectivity index (χ1v) is 13.2. The topological polar surface area (TPSA) is 142 Å². The van der Waals surface area contributed by atoms with Crippen LogP contribution < -0.4 is 15.5 Å². The molecule has 42 heavy (non-hydrogen) atoms. The molecular formula is C30H28F2N4O6. The molecule has 1 unspecified atom stereocenters. The van der Waals surface area contributed by atoms with Crippen LogP contribution in [0.15, 0.2) is 72.8 Å². The number of allylic oxidation sites excluding steroid dienone is 2. The number of alkyl halides is 1. The summed E-state index contributed by atoms with van der Waals surface area (Å²) in [6.07, 6.45) is 4.21. The molecule has 12 heteroatoms. The molecular weight excluding hydrogens is 550 g/mol. The van der Waals surface area contributed by atoms with E-state index in [0.29, 0.717) is 11.3 Å². The number of carboxylic acids is 1. The second kappa shape index (κ2) is 13.5. The van der Waals surface area contributed by atoms with Gasteiger partial charge in [0.1, 0.15) is 0 Å². The van der Waals surface area contributed by atoms with Crippen molar-refractivity contribution in [2.45, 2.75) is 38.4 Å². The number of benzene rings is 3. The molecule has 0 bridgehead atoms. The number of rotatable bonds is 10. The average Bonchev–Trinajstić information content (AvgIpc) is 3.00. The zero-order valence-corrected chi connectivity index (χ0v) is 22.4. The summed E-state index contributed by atoms with van der Waals surface area (Å²) in [6.45, 7) is -0.650. The number of carbonyl (C=O) groups is 3. The van der Waals surface area contributed by atoms with E-state index < -0.39 is 47.1 Å². The minimum Gasteiger partial charge on any atom is -0.479 e. The van der Waals surface area contributed by atoms with Crippen molar-refractivity contribution in [3.05, 3.63) is 105 Å². The molecule has 0 aliphatic heterocycles. The Morgan fingerprint density at radius 3 is 2.36 bits per heavy atom. The average molecular weight is 579 g/mol. The molecule has 0 saturated heterocycles. The number of hydrogen-bond donors (Lipinski definition) is 3. The molecule has 1 aliphatic carbocycles. The minimum atomic E-state index is -2.23. The fraction of sp³-hybridized carbons (Fsp3) is 0.233. The number of amides is 3. The monoisotopic (exact) mass is 578 g/mol. The van der Waals surface area contributed by atoms with Crippen LogP contribution in [0.5, 0.6) is 0 Å². The smallest absolute Gasteiger partial charge is 0.340 e. The van der Waals surface area contributed by atoms with Crippen molar-refractivity contribution < 1.29 is 33.2 Å². The predicted molar refractivity (Wildman–Crippen MR) is 152 cm³/mol. The Kier molecular flexibility index (Phi) is 9.58. The summed E-state index contributed by atoms with van der Waals surface area (Å²) in [5.41, 5.74) is 2.83. The molecule has 3 aromatic rings. The molecule has 0 fully saturated rings. The lowest BCUT2D eigenvalue weighted by Gasteiger charge is -2.24. The van der Waals surface area contributed by atoms with E-state index in [1.165, 1.54) is 28.7 Å². The lowest BCUT2D eigenvalue weighted by molar-refractivity contribution is -0.387. The molecule has 1 aliphatic rings. The van der Waals surface area contributed by atoms with Crippen LogP contribution in [0.4, 0.5) is 30.6 Å². The van der Waals surface area contributed by atoms with Gasteiger partial charge in [-0.05, 0) is 78.8 Å². The highest BCUT2D eigenvalue weighted by molar-refractivity contribution is 6.02. The van der Waals surface area contributed by atoms with Gasteiger partial charge in [-0.1, -0.05) is 30.3 Å². The molecule has 0 radical (unpaired) electrons. The van der Waals surface area contributed by atoms with E-state index in [1.807, 2.05) is 12.1 Å². The van der Waals surface area contributed by atoms with Gasteiger partial charge in [0.15, 0.2) is 0 Å². The summed E-state index contributed by atoms with van der Waals surface area (Å²) in [6, 6.07) is 15.9. The van der Waals surface area contributed by atoms with Gasteiger partial charge in [-0.25, -0.2) is 14.0 Å². The Hall–Kier alpha value is -5.13. The van der Waals surface area contributed by atoms with Gasteiger partial charge in [-0.15, -0.1) is 0 Å². The zero-order valence-electron chi connectivity index (χ0n) is 22.4. The van der Waals surface area contributed by atoms with E-state index in [1.54, 1.807) is 24.3 Å². The van der Waals surface area contributed by atoms with Crippen LogP contribution in [-0.2, 0) is 11.3 Å². The molecule has 0 aromatic heterocycles. The zero-order chi connectivity index (χ0) is 30.2. The summed E-state index contributed by atoms with van der Waals surface area (Å²) >= 11 is 0. The second-order valence-corrected chi connectivity index (χ2v) is 9.67. The summed E-state index contributed by atoms with van der Waals surface area (Å²) < 4.78 is 27.1. The van der Waals surface area contributed by atoms with E-state index in [0.717, 1.165) is 43.4 Å². The van der Waals surface area contributed by atoms with Crippen LogP contribution in [0, 0.1) is 15.9 Å². The van der Waals surface area contributed by atoms with E-state index in [2.05, 4.69) is 16.7 Å². The third kappa shape index (κ3) is 7.53. The normalized spacial score (nSPS) is 13.4. The summed E-state index contributed by atoms with van der Waals surface area (Å²) in [5.74, 6) is -3.37. The number of urea groups is 1. The first-order valence-electron chi connectivity index (χ1n) is 13.2. The number of halogens is 2. The quantitative estimate of drug-likeness (QED) is 0.197. The number of hydrogen-bond acceptors (Lipinski definition) is 5. The van der Waals surface area contributed by atoms with E-state index >= 15 is 0 Å². The number of carboxylic acid groups (broad SMARTS) is 1. The molecule has 3 amide bonds. The lowest BCUT2D eigenvalue weighted by atomic mass is 9.93. The van der Waals surface area contributed by atoms with Gasteiger partial charge in [0.05, 0.1) is 18.0 Å². The van der Waals surface area contributed by atoms with E-state index in [-0.39, 0.29) is 17.8 Å². The maximum Gasteiger partial charge on any atom is 0.340 e. The van der Waals surface area contributed by atoms with Gasteiger partial charge in [-0.2, -0.15) is 4.39 Å². The van der Waals surface area contributed by atoms with Crippen LogP contribution in [0.25, 0.3) is 5.57 Å². The Labute approximate surface area is 239 Å². The van der Waals surface area contributed by atoms with Crippen molar-refractivity contribution in [2.75, 3.05) is 16.8 Å². The van der Waals surface area contributed by atoms with Crippen LogP contribution >= 0.6 is 0 Å². The van der Waals surface area contributed by atoms with Crippen LogP contribution in [0.2, 0.25) is 0 Å². The van der Waals surface area contributed by atoms with Crippen molar-refractivity contribution in [2.24, 2.45) is 0 Å². The molecule has 1 atom stereocenters. The third-order valence-corrected chi connectivity index (χ3v) is 6.75. The van der Waals surface area contributed by atoms with Crippen LogP contribution in [0.1, 0.15) is 47.2 Å². The van der Waals surface area contributed by atoms with Crippen molar-refractivity contribution in [1.82, 2.24) is 5.32 Å². The SMILES string of the molecule is O=C(NCC(F)C(=O)O)c1ccc(CN(C(=O)Nc2ccc(F)c([N+](=O)[O-])c2)c2ccc(C3=CCCCC3)cc2)cc1. The molecule has 3 aromatic carbocycles. The number of nitrogens with zero attached hydrogens (tertiary/aromatic N) is 2. The Morgan fingerprint density at radius 1 is 1.02 bits per heavy atom. The van der Waals surface area contributed by atoms with E-state index in [4.69, 9.17) is 5.11 Å². The number of nitrogens with one attached hydrogen (secondary N) is 2. The number of carbonyl (C=O) groups excluding carboxylic acids is 2. The van der Waals surface area contributed by atoms with Gasteiger partial charge < -0.3 is 15.7 Å². The maximum atomic E-state index is 13.8. The first kappa shape index (κ1) is 29.8. The standard InChI is InChI=1S/C30H28F2N4O6/c31-25-15-12-23(16-27(25)36(41)42)34-30(40)35(24-13-10-21(11-14-24)20-4-2-1-3-5-20)18-19-6-8-22(9-7-19)28(37)33-17-26(32)29(38)39/h4,6-16,26H,1-3,5,17-18H2,(H,33,37)(H,34,40)(H,38,39). The van der Waals surface area contributed by atoms with Crippen molar-refractivity contribution in [3.8, 4) is 0 Å². The van der Waals surface area contributed by atoms with Crippen LogP contribution in [0.3, 0.4) is 0 Å². The number of nitro groups is 1. The van der Waals surface area contributed by atoms with Crippen molar-refractivity contribution >= 4 is 40.5 Å². The maximum absolute atomic E-state index is 13.8. The molecule has 0 saturated carbocycles. The molecule has 0 spiro atoms. The minimum absolute atomic E-state index is 0.0293. The number of nitro benzene ring substituents is 1. The molecule has 4 rings (SSSR count). The highest BCUT2D eigenvalue weighted by atomic mass is 19.1. The summed E-state index contributed by atoms with van der Waals surface area (Å²) in [5, 5.41) is 24.6. The molecule has 10 nitrogen and oxygen atoms in total. The Morgan fingerprint density at radius 2 is 1.74 bits per heavy atom. The van der Waals surface area contributed by atoms with E-state index in [9.17, 15) is 33.3 Å². The van der Waals surface area contributed by atoms with Gasteiger partial charge in [-0.3, -0.25) is 19.8 Å². The van der Waals surface area contributed by atoms with Gasteiger partial charge in [0.25, 0.3) is 5.91 Å². The van der Waals surface area contributed by atoms with Crippen molar-refractivity contribution in [3.63, 3.8) is 0 Å². The largest absolute Gasteiger partial charge is 0.479 e. The van der Waals surface area contributed by atoms with Crippen molar-refractivity contribution in [1.29, 1.82) is 0 Å². The highest BCUT2D eigenvalue weighted by Crippen LogP contribution is 2.29. The fourth-order valence-electron chi connectivity index (χ4n) is 4.47. The van der Waals surface area contributed by atoms with Crippen LogP contribution in [-0.4, -0.2) is 40.7 Å². The van der Waals surface area contributed by atoms with Gasteiger partial charge in [0.2, 0.25) is 12.0 Å². The van der Waals surface area contributed by atoms with Gasteiger partial charge >= 0.3 is 17.7 Å². The highest BCUT2D eigenvalue weighted by Gasteiger charge is 2.21. The fourth-order valence-corrected chi connectivity index (χ4v) is 4.47. The summed E-state index contributed by atoms with van der Waals surface area (Å²) in [7, 11) is 0. The first-order chi connectivity index (χ1) is 20.1.